The Morgan fingerprint density at radius 3 is 2.89 bits per heavy atom. The molecule has 1 fully saturated rings. The van der Waals surface area contributed by atoms with Gasteiger partial charge >= 0.3 is 12.0 Å². The molecule has 3 N–H and O–H groups in total. The van der Waals surface area contributed by atoms with Crippen LogP contribution in [-0.2, 0) is 14.3 Å². The Morgan fingerprint density at radius 1 is 1.63 bits per heavy atom. The lowest BCUT2D eigenvalue weighted by molar-refractivity contribution is -0.139. The number of ether oxygens (including phenoxy) is 1. The highest BCUT2D eigenvalue weighted by Crippen LogP contribution is 2.05. The van der Waals surface area contributed by atoms with Crippen LogP contribution in [0.4, 0.5) is 4.79 Å². The molecule has 1 heterocycles. The predicted octanol–water partition coefficient (Wildman–Crippen LogP) is -0.994. The number of amides is 3. The molecule has 3 amide bonds. The lowest BCUT2D eigenvalue weighted by Gasteiger charge is -2.33. The fraction of sp³-hybridized carbons (Fsp3) is 0.727. The van der Waals surface area contributed by atoms with Crippen LogP contribution in [0.15, 0.2) is 0 Å². The molecule has 2 unspecified atom stereocenters. The molecule has 0 bridgehead atoms. The molecule has 1 aliphatic rings. The van der Waals surface area contributed by atoms with Crippen LogP contribution in [0.5, 0.6) is 0 Å². The molecular weight excluding hydrogens is 254 g/mol. The predicted molar refractivity (Wildman–Crippen MR) is 65.6 cm³/mol. The van der Waals surface area contributed by atoms with E-state index in [1.54, 1.807) is 6.92 Å². The zero-order valence-electron chi connectivity index (χ0n) is 11.0. The summed E-state index contributed by atoms with van der Waals surface area (Å²) in [4.78, 5) is 35.7. The maximum Gasteiger partial charge on any atom is 0.326 e. The lowest BCUT2D eigenvalue weighted by Crippen LogP contribution is -2.60. The molecule has 0 radical (unpaired) electrons. The normalized spacial score (nSPS) is 20.6. The van der Waals surface area contributed by atoms with Crippen molar-refractivity contribution in [2.45, 2.75) is 25.4 Å². The van der Waals surface area contributed by atoms with Gasteiger partial charge in [0.05, 0.1) is 0 Å². The molecule has 0 aliphatic carbocycles. The average molecular weight is 273 g/mol. The number of carbonyl (C=O) groups is 3. The van der Waals surface area contributed by atoms with Crippen molar-refractivity contribution in [2.24, 2.45) is 0 Å². The molecule has 2 atom stereocenters. The monoisotopic (exact) mass is 273 g/mol. The second kappa shape index (κ2) is 6.93. The Balaban J connectivity index is 2.60. The quantitative estimate of drug-likeness (QED) is 0.596. The van der Waals surface area contributed by atoms with Crippen molar-refractivity contribution >= 4 is 17.9 Å². The summed E-state index contributed by atoms with van der Waals surface area (Å²) in [7, 11) is 1.46. The van der Waals surface area contributed by atoms with Gasteiger partial charge in [-0.25, -0.2) is 9.59 Å². The third-order valence-electron chi connectivity index (χ3n) is 2.97. The molecule has 19 heavy (non-hydrogen) atoms. The molecule has 0 aromatic rings. The highest BCUT2D eigenvalue weighted by atomic mass is 16.5. The molecule has 8 heteroatoms. The number of nitrogens with zero attached hydrogens (tertiary/aromatic N) is 1. The molecule has 0 saturated carbocycles. The number of carboxylic acid groups (broad SMARTS) is 1. The van der Waals surface area contributed by atoms with E-state index in [0.29, 0.717) is 13.1 Å². The highest BCUT2D eigenvalue weighted by molar-refractivity contribution is 5.89. The zero-order chi connectivity index (χ0) is 14.4. The number of urea groups is 1. The van der Waals surface area contributed by atoms with E-state index in [9.17, 15) is 14.4 Å². The SMILES string of the molecule is COCCC(NC(=O)N1CCNC(=O)C1C)C(=O)O. The minimum absolute atomic E-state index is 0.173. The first kappa shape index (κ1) is 15.2. The Kier molecular flexibility index (Phi) is 5.56. The molecule has 0 spiro atoms. The fourth-order valence-electron chi connectivity index (χ4n) is 1.78. The second-order valence-electron chi connectivity index (χ2n) is 4.28. The van der Waals surface area contributed by atoms with Crippen LogP contribution < -0.4 is 10.6 Å². The Labute approximate surface area is 111 Å². The lowest BCUT2D eigenvalue weighted by atomic mass is 10.2. The second-order valence-corrected chi connectivity index (χ2v) is 4.28. The number of hydrogen-bond donors (Lipinski definition) is 3. The molecular formula is C11H19N3O5. The molecule has 1 aliphatic heterocycles. The average Bonchev–Trinajstić information content (AvgIpc) is 2.37. The minimum atomic E-state index is -1.13. The Hall–Kier alpha value is -1.83. The van der Waals surface area contributed by atoms with Crippen LogP contribution >= 0.6 is 0 Å². The summed E-state index contributed by atoms with van der Waals surface area (Å²) >= 11 is 0. The summed E-state index contributed by atoms with van der Waals surface area (Å²) in [5.74, 6) is -1.37. The first-order chi connectivity index (χ1) is 8.97. The van der Waals surface area contributed by atoms with Crippen LogP contribution in [0.3, 0.4) is 0 Å². The fourth-order valence-corrected chi connectivity index (χ4v) is 1.78. The van der Waals surface area contributed by atoms with Gasteiger partial charge in [0, 0.05) is 33.2 Å². The first-order valence-electron chi connectivity index (χ1n) is 6.04. The Morgan fingerprint density at radius 2 is 2.32 bits per heavy atom. The van der Waals surface area contributed by atoms with Gasteiger partial charge in [-0.05, 0) is 6.92 Å². The third kappa shape index (κ3) is 4.09. The van der Waals surface area contributed by atoms with Gasteiger partial charge in [-0.3, -0.25) is 4.79 Å². The van der Waals surface area contributed by atoms with Gasteiger partial charge < -0.3 is 25.4 Å². The Bertz CT molecular complexity index is 360. The van der Waals surface area contributed by atoms with Crippen molar-refractivity contribution < 1.29 is 24.2 Å². The van der Waals surface area contributed by atoms with Gasteiger partial charge in [-0.2, -0.15) is 0 Å². The summed E-state index contributed by atoms with van der Waals surface area (Å²) in [6, 6.07) is -2.18. The number of carboxylic acids is 1. The summed E-state index contributed by atoms with van der Waals surface area (Å²) in [5.41, 5.74) is 0. The maximum absolute atomic E-state index is 12.0. The summed E-state index contributed by atoms with van der Waals surface area (Å²) < 4.78 is 4.80. The molecule has 0 aromatic heterocycles. The number of aliphatic carboxylic acids is 1. The number of methoxy groups -OCH3 is 1. The van der Waals surface area contributed by atoms with Crippen molar-refractivity contribution in [3.05, 3.63) is 0 Å². The number of piperazine rings is 1. The summed E-state index contributed by atoms with van der Waals surface area (Å²) in [6.07, 6.45) is 0.173. The molecule has 1 rings (SSSR count). The molecule has 8 nitrogen and oxygen atoms in total. The van der Waals surface area contributed by atoms with E-state index in [2.05, 4.69) is 10.6 Å². The molecule has 0 aromatic carbocycles. The maximum atomic E-state index is 12.0. The van der Waals surface area contributed by atoms with E-state index in [0.717, 1.165) is 0 Å². The van der Waals surface area contributed by atoms with E-state index in [1.165, 1.54) is 12.0 Å². The number of hydrogen-bond acceptors (Lipinski definition) is 4. The largest absolute Gasteiger partial charge is 0.480 e. The van der Waals surface area contributed by atoms with E-state index < -0.39 is 24.1 Å². The zero-order valence-corrected chi connectivity index (χ0v) is 11.0. The first-order valence-corrected chi connectivity index (χ1v) is 6.04. The standard InChI is InChI=1S/C11H19N3O5/c1-7-9(15)12-4-5-14(7)11(18)13-8(10(16)17)3-6-19-2/h7-8H,3-6H2,1-2H3,(H,12,15)(H,13,18)(H,16,17). The van der Waals surface area contributed by atoms with E-state index in [-0.39, 0.29) is 18.9 Å². The van der Waals surface area contributed by atoms with E-state index in [1.807, 2.05) is 0 Å². The van der Waals surface area contributed by atoms with Crippen molar-refractivity contribution in [1.82, 2.24) is 15.5 Å². The topological polar surface area (TPSA) is 108 Å². The van der Waals surface area contributed by atoms with Gasteiger partial charge in [-0.15, -0.1) is 0 Å². The molecule has 1 saturated heterocycles. The van der Waals surface area contributed by atoms with Crippen molar-refractivity contribution in [2.75, 3.05) is 26.8 Å². The smallest absolute Gasteiger partial charge is 0.326 e. The van der Waals surface area contributed by atoms with Crippen molar-refractivity contribution in [3.63, 3.8) is 0 Å². The summed E-state index contributed by atoms with van der Waals surface area (Å²) in [6.45, 7) is 2.55. The number of rotatable bonds is 5. The van der Waals surface area contributed by atoms with Gasteiger partial charge in [0.15, 0.2) is 0 Å². The van der Waals surface area contributed by atoms with Crippen LogP contribution in [0.25, 0.3) is 0 Å². The highest BCUT2D eigenvalue weighted by Gasteiger charge is 2.31. The summed E-state index contributed by atoms with van der Waals surface area (Å²) in [5, 5.41) is 14.0. The van der Waals surface area contributed by atoms with Gasteiger partial charge in [0.2, 0.25) is 5.91 Å². The van der Waals surface area contributed by atoms with Crippen LogP contribution in [0, 0.1) is 0 Å². The van der Waals surface area contributed by atoms with Crippen LogP contribution in [0.2, 0.25) is 0 Å². The van der Waals surface area contributed by atoms with Crippen molar-refractivity contribution in [1.29, 1.82) is 0 Å². The number of carbonyl (C=O) groups excluding carboxylic acids is 2. The molecule has 108 valence electrons. The van der Waals surface area contributed by atoms with Crippen molar-refractivity contribution in [3.8, 4) is 0 Å². The van der Waals surface area contributed by atoms with Gasteiger partial charge in [0.1, 0.15) is 12.1 Å². The van der Waals surface area contributed by atoms with Crippen LogP contribution in [-0.4, -0.2) is 66.8 Å². The van der Waals surface area contributed by atoms with Crippen LogP contribution in [0.1, 0.15) is 13.3 Å². The van der Waals surface area contributed by atoms with E-state index in [4.69, 9.17) is 9.84 Å². The minimum Gasteiger partial charge on any atom is -0.480 e. The number of nitrogens with one attached hydrogen (secondary N) is 2. The van der Waals surface area contributed by atoms with Gasteiger partial charge in [-0.1, -0.05) is 0 Å². The third-order valence-corrected chi connectivity index (χ3v) is 2.97. The van der Waals surface area contributed by atoms with Gasteiger partial charge in [0.25, 0.3) is 0 Å². The van der Waals surface area contributed by atoms with E-state index >= 15 is 0 Å².